The SMILES string of the molecule is Fc1cccc(-c2cc(-c3cccc(F)c3)cc(-n3c4c(c5ccccc53)CC(c3ccc5c(c3)c3ccccc3n5-c3ccccc3)C=C4)c2)c1. The zero-order valence-corrected chi connectivity index (χ0v) is 28.2. The van der Waals surface area contributed by atoms with Crippen molar-refractivity contribution in [3.63, 3.8) is 0 Å². The van der Waals surface area contributed by atoms with Gasteiger partial charge in [-0.3, -0.25) is 0 Å². The zero-order chi connectivity index (χ0) is 34.8. The van der Waals surface area contributed by atoms with E-state index in [1.165, 1.54) is 50.5 Å². The van der Waals surface area contributed by atoms with Crippen LogP contribution in [0.15, 0.2) is 170 Å². The summed E-state index contributed by atoms with van der Waals surface area (Å²) in [6.07, 6.45) is 5.44. The van der Waals surface area contributed by atoms with Gasteiger partial charge in [0.05, 0.1) is 16.6 Å². The first-order chi connectivity index (χ1) is 25.6. The summed E-state index contributed by atoms with van der Waals surface area (Å²) in [5.41, 5.74) is 12.5. The van der Waals surface area contributed by atoms with E-state index in [-0.39, 0.29) is 17.6 Å². The summed E-state index contributed by atoms with van der Waals surface area (Å²) in [7, 11) is 0. The van der Waals surface area contributed by atoms with Gasteiger partial charge in [-0.25, -0.2) is 8.78 Å². The van der Waals surface area contributed by atoms with E-state index >= 15 is 0 Å². The molecule has 0 amide bonds. The molecule has 1 aliphatic carbocycles. The van der Waals surface area contributed by atoms with E-state index in [9.17, 15) is 8.78 Å². The van der Waals surface area contributed by atoms with Crippen LogP contribution in [0, 0.1) is 11.6 Å². The Morgan fingerprint density at radius 3 is 1.75 bits per heavy atom. The molecule has 0 spiro atoms. The lowest BCUT2D eigenvalue weighted by atomic mass is 9.86. The summed E-state index contributed by atoms with van der Waals surface area (Å²) < 4.78 is 33.6. The van der Waals surface area contributed by atoms with Crippen LogP contribution in [0.1, 0.15) is 22.7 Å². The number of rotatable bonds is 5. The van der Waals surface area contributed by atoms with E-state index in [1.807, 2.05) is 18.2 Å². The van der Waals surface area contributed by atoms with Gasteiger partial charge in [0.25, 0.3) is 0 Å². The number of para-hydroxylation sites is 3. The second-order valence-electron chi connectivity index (χ2n) is 13.6. The second-order valence-corrected chi connectivity index (χ2v) is 13.6. The predicted octanol–water partition coefficient (Wildman–Crippen LogP) is 12.7. The fraction of sp³-hybridized carbons (Fsp3) is 0.0417. The lowest BCUT2D eigenvalue weighted by Crippen LogP contribution is -2.07. The van der Waals surface area contributed by atoms with Crippen molar-refractivity contribution >= 4 is 38.8 Å². The standard InChI is InChI=1S/C48H32F2N2/c49-37-12-8-10-31(25-37)35-24-36(32-11-9-13-38(50)26-32)28-40(27-35)52-46-19-7-5-17-42(46)44-30-34(21-23-48(44)52)33-20-22-47-43(29-33)41-16-4-6-18-45(41)51(47)39-14-2-1-3-15-39/h1-29,34H,30H2. The van der Waals surface area contributed by atoms with Gasteiger partial charge in [0.1, 0.15) is 11.6 Å². The van der Waals surface area contributed by atoms with Gasteiger partial charge in [-0.1, -0.05) is 91.0 Å². The van der Waals surface area contributed by atoms with Crippen LogP contribution in [0.2, 0.25) is 0 Å². The molecule has 2 heterocycles. The number of benzene rings is 7. The normalized spacial score (nSPS) is 14.0. The number of fused-ring (bicyclic) bond motifs is 6. The molecule has 0 saturated carbocycles. The fourth-order valence-electron chi connectivity index (χ4n) is 8.20. The Labute approximate surface area is 300 Å². The minimum absolute atomic E-state index is 0.191. The Hall–Kier alpha value is -6.52. The molecule has 0 bridgehead atoms. The van der Waals surface area contributed by atoms with Crippen LogP contribution in [-0.2, 0) is 6.42 Å². The van der Waals surface area contributed by atoms with Crippen LogP contribution in [0.5, 0.6) is 0 Å². The van der Waals surface area contributed by atoms with Crippen molar-refractivity contribution in [1.82, 2.24) is 9.13 Å². The number of allylic oxidation sites excluding steroid dienone is 1. The molecule has 1 aliphatic rings. The summed E-state index contributed by atoms with van der Waals surface area (Å²) in [6.45, 7) is 0. The Morgan fingerprint density at radius 2 is 1.06 bits per heavy atom. The molecule has 2 aromatic heterocycles. The van der Waals surface area contributed by atoms with E-state index < -0.39 is 0 Å². The average molecular weight is 675 g/mol. The van der Waals surface area contributed by atoms with Gasteiger partial charge in [-0.2, -0.15) is 0 Å². The number of nitrogens with zero attached hydrogens (tertiary/aromatic N) is 2. The fourth-order valence-corrected chi connectivity index (χ4v) is 8.20. The zero-order valence-electron chi connectivity index (χ0n) is 28.2. The van der Waals surface area contributed by atoms with E-state index in [0.717, 1.165) is 51.3 Å². The van der Waals surface area contributed by atoms with Gasteiger partial charge in [0.15, 0.2) is 0 Å². The van der Waals surface area contributed by atoms with Crippen LogP contribution in [0.4, 0.5) is 8.78 Å². The number of aromatic nitrogens is 2. The molecule has 9 aromatic rings. The highest BCUT2D eigenvalue weighted by molar-refractivity contribution is 6.09. The summed E-state index contributed by atoms with van der Waals surface area (Å²) in [5.74, 6) is -0.400. The van der Waals surface area contributed by atoms with Gasteiger partial charge in [0, 0.05) is 39.1 Å². The first-order valence-corrected chi connectivity index (χ1v) is 17.7. The third-order valence-corrected chi connectivity index (χ3v) is 10.6. The molecule has 0 aliphatic heterocycles. The molecule has 0 N–H and O–H groups in total. The maximum atomic E-state index is 14.5. The van der Waals surface area contributed by atoms with E-state index in [4.69, 9.17) is 0 Å². The minimum Gasteiger partial charge on any atom is -0.310 e. The van der Waals surface area contributed by atoms with Crippen molar-refractivity contribution in [1.29, 1.82) is 0 Å². The molecule has 52 heavy (non-hydrogen) atoms. The van der Waals surface area contributed by atoms with Crippen molar-refractivity contribution in [2.75, 3.05) is 0 Å². The first-order valence-electron chi connectivity index (χ1n) is 17.7. The lowest BCUT2D eigenvalue weighted by Gasteiger charge is -2.20. The van der Waals surface area contributed by atoms with Crippen LogP contribution in [0.3, 0.4) is 0 Å². The second kappa shape index (κ2) is 12.1. The Morgan fingerprint density at radius 1 is 0.442 bits per heavy atom. The number of hydrogen-bond donors (Lipinski definition) is 0. The Bertz CT molecular complexity index is 2790. The molecule has 0 radical (unpaired) electrons. The molecule has 2 nitrogen and oxygen atoms in total. The van der Waals surface area contributed by atoms with E-state index in [0.29, 0.717) is 0 Å². The molecule has 1 unspecified atom stereocenters. The minimum atomic E-state index is -0.296. The van der Waals surface area contributed by atoms with Crippen molar-refractivity contribution in [2.24, 2.45) is 0 Å². The molecule has 4 heteroatoms. The van der Waals surface area contributed by atoms with Crippen LogP contribution >= 0.6 is 0 Å². The average Bonchev–Trinajstić information content (AvgIpc) is 3.70. The number of hydrogen-bond acceptors (Lipinski definition) is 0. The third-order valence-electron chi connectivity index (χ3n) is 10.6. The highest BCUT2D eigenvalue weighted by atomic mass is 19.1. The molecule has 0 fully saturated rings. The van der Waals surface area contributed by atoms with Crippen molar-refractivity contribution in [3.8, 4) is 33.6 Å². The largest absolute Gasteiger partial charge is 0.310 e. The van der Waals surface area contributed by atoms with Crippen molar-refractivity contribution < 1.29 is 8.78 Å². The molecule has 1 atom stereocenters. The highest BCUT2D eigenvalue weighted by Gasteiger charge is 2.25. The topological polar surface area (TPSA) is 9.86 Å². The molecular weight excluding hydrogens is 643 g/mol. The third kappa shape index (κ3) is 4.98. The Balaban J connectivity index is 1.12. The van der Waals surface area contributed by atoms with Gasteiger partial charge in [-0.05, 0) is 125 Å². The van der Waals surface area contributed by atoms with E-state index in [1.54, 1.807) is 24.3 Å². The van der Waals surface area contributed by atoms with Crippen molar-refractivity contribution in [2.45, 2.75) is 12.3 Å². The summed E-state index contributed by atoms with van der Waals surface area (Å²) >= 11 is 0. The maximum Gasteiger partial charge on any atom is 0.123 e. The molecule has 0 saturated heterocycles. The summed E-state index contributed by atoms with van der Waals surface area (Å²) in [6, 6.07) is 54.2. The van der Waals surface area contributed by atoms with Gasteiger partial charge >= 0.3 is 0 Å². The van der Waals surface area contributed by atoms with Gasteiger partial charge in [0.2, 0.25) is 0 Å². The summed E-state index contributed by atoms with van der Waals surface area (Å²) in [5, 5.41) is 3.70. The van der Waals surface area contributed by atoms with Crippen LogP contribution in [-0.4, -0.2) is 9.13 Å². The first kappa shape index (κ1) is 30.3. The maximum absolute atomic E-state index is 14.5. The molecule has 7 aromatic carbocycles. The number of halogens is 2. The highest BCUT2D eigenvalue weighted by Crippen LogP contribution is 2.42. The quantitative estimate of drug-likeness (QED) is 0.172. The lowest BCUT2D eigenvalue weighted by molar-refractivity contribution is 0.628. The Kier molecular flexibility index (Phi) is 7.03. The van der Waals surface area contributed by atoms with Crippen LogP contribution < -0.4 is 0 Å². The molecule has 248 valence electrons. The monoisotopic (exact) mass is 674 g/mol. The molecule has 10 rings (SSSR count). The predicted molar refractivity (Wildman–Crippen MR) is 210 cm³/mol. The molecular formula is C48H32F2N2. The van der Waals surface area contributed by atoms with Crippen molar-refractivity contribution in [3.05, 3.63) is 198 Å². The smallest absolute Gasteiger partial charge is 0.123 e. The van der Waals surface area contributed by atoms with Crippen LogP contribution in [0.25, 0.3) is 72.4 Å². The summed E-state index contributed by atoms with van der Waals surface area (Å²) in [4.78, 5) is 0. The van der Waals surface area contributed by atoms with Gasteiger partial charge < -0.3 is 9.13 Å². The van der Waals surface area contributed by atoms with Gasteiger partial charge in [-0.15, -0.1) is 0 Å². The van der Waals surface area contributed by atoms with E-state index in [2.05, 4.69) is 130 Å².